The predicted molar refractivity (Wildman–Crippen MR) is 99.2 cm³/mol. The molecule has 1 aliphatic rings. The highest BCUT2D eigenvalue weighted by atomic mass is 19.1. The lowest BCUT2D eigenvalue weighted by Crippen LogP contribution is -2.35. The van der Waals surface area contributed by atoms with Gasteiger partial charge in [-0.25, -0.2) is 13.9 Å². The van der Waals surface area contributed by atoms with Crippen molar-refractivity contribution in [2.45, 2.75) is 39.2 Å². The molecule has 1 saturated carbocycles. The Labute approximate surface area is 151 Å². The first kappa shape index (κ1) is 16.6. The summed E-state index contributed by atoms with van der Waals surface area (Å²) in [4.78, 5) is 4.68. The van der Waals surface area contributed by atoms with E-state index in [0.29, 0.717) is 29.1 Å². The van der Waals surface area contributed by atoms with Gasteiger partial charge in [-0.05, 0) is 42.5 Å². The van der Waals surface area contributed by atoms with E-state index in [4.69, 9.17) is 0 Å². The average Bonchev–Trinajstić information content (AvgIpc) is 3.19. The van der Waals surface area contributed by atoms with E-state index < -0.39 is 0 Å². The van der Waals surface area contributed by atoms with Crippen LogP contribution in [0.2, 0.25) is 0 Å². The number of aromatic nitrogens is 3. The molecule has 0 radical (unpaired) electrons. The first-order chi connectivity index (χ1) is 12.6. The smallest absolute Gasteiger partial charge is 0.173 e. The number of nitrogens with one attached hydrogen (secondary N) is 2. The van der Waals surface area contributed by atoms with Crippen LogP contribution in [0.4, 0.5) is 10.2 Å². The lowest BCUT2D eigenvalue weighted by molar-refractivity contribution is 0.252. The van der Waals surface area contributed by atoms with E-state index in [2.05, 4.69) is 35.3 Å². The van der Waals surface area contributed by atoms with Crippen molar-refractivity contribution >= 4 is 11.5 Å². The van der Waals surface area contributed by atoms with Gasteiger partial charge >= 0.3 is 0 Å². The summed E-state index contributed by atoms with van der Waals surface area (Å²) in [5.41, 5.74) is 2.64. The molecule has 4 rings (SSSR count). The molecule has 3 atom stereocenters. The number of aromatic amines is 1. The van der Waals surface area contributed by atoms with Crippen molar-refractivity contribution in [1.82, 2.24) is 14.6 Å². The second kappa shape index (κ2) is 6.49. The number of nitrogens with zero attached hydrogens (tertiary/aromatic N) is 3. The van der Waals surface area contributed by atoms with Crippen LogP contribution in [0, 0.1) is 29.0 Å². The van der Waals surface area contributed by atoms with Crippen LogP contribution in [0.25, 0.3) is 16.9 Å². The summed E-state index contributed by atoms with van der Waals surface area (Å²) >= 11 is 0. The molecule has 0 bridgehead atoms. The highest BCUT2D eigenvalue weighted by molar-refractivity contribution is 5.78. The summed E-state index contributed by atoms with van der Waals surface area (Å²) in [5.74, 6) is 1.76. The molecule has 0 amide bonds. The van der Waals surface area contributed by atoms with E-state index in [9.17, 15) is 9.65 Å². The fourth-order valence-corrected chi connectivity index (χ4v) is 3.91. The van der Waals surface area contributed by atoms with E-state index in [1.807, 2.05) is 4.52 Å². The summed E-state index contributed by atoms with van der Waals surface area (Å²) in [6.07, 6.45) is 5.22. The van der Waals surface area contributed by atoms with Crippen molar-refractivity contribution in [3.05, 3.63) is 41.8 Å². The lowest BCUT2D eigenvalue weighted by atomic mass is 9.78. The lowest BCUT2D eigenvalue weighted by Gasteiger charge is -2.35. The maximum absolute atomic E-state index is 13.3. The first-order valence-electron chi connectivity index (χ1n) is 9.11. The van der Waals surface area contributed by atoms with Crippen LogP contribution in [-0.2, 0) is 0 Å². The van der Waals surface area contributed by atoms with E-state index >= 15 is 0 Å². The SMILES string of the molecule is C[C@H]1[C@H](C)CCC[C@H]1Nc1c(-c2ccc(F)cc2)nc2c(C#N)c[nH]n12. The Bertz CT molecular complexity index is 963. The Morgan fingerprint density at radius 3 is 2.77 bits per heavy atom. The standard InChI is InChI=1S/C20H22FN5/c1-12-4-3-5-17(13(12)2)24-20-18(14-6-8-16(21)9-7-14)25-19-15(10-22)11-23-26(19)20/h6-9,11-13,17,23-24H,3-5H2,1-2H3/t12-,13+,17-/m1/s1. The molecule has 1 aliphatic carbocycles. The average molecular weight is 351 g/mol. The maximum atomic E-state index is 13.3. The van der Waals surface area contributed by atoms with Crippen molar-refractivity contribution in [3.8, 4) is 17.3 Å². The molecule has 0 saturated heterocycles. The molecule has 0 spiro atoms. The van der Waals surface area contributed by atoms with Crippen LogP contribution in [0.3, 0.4) is 0 Å². The second-order valence-corrected chi connectivity index (χ2v) is 7.29. The Balaban J connectivity index is 1.80. The quantitative estimate of drug-likeness (QED) is 0.726. The third-order valence-corrected chi connectivity index (χ3v) is 5.72. The molecule has 2 heterocycles. The fraction of sp³-hybridized carbons (Fsp3) is 0.400. The number of nitriles is 1. The molecule has 2 N–H and O–H groups in total. The molecule has 6 heteroatoms. The van der Waals surface area contributed by atoms with Crippen LogP contribution in [0.1, 0.15) is 38.7 Å². The zero-order valence-corrected chi connectivity index (χ0v) is 15.0. The van der Waals surface area contributed by atoms with Crippen LogP contribution in [0.15, 0.2) is 30.5 Å². The molecular weight excluding hydrogens is 329 g/mol. The van der Waals surface area contributed by atoms with Gasteiger partial charge in [0.05, 0.1) is 0 Å². The molecule has 26 heavy (non-hydrogen) atoms. The van der Waals surface area contributed by atoms with Crippen molar-refractivity contribution in [2.24, 2.45) is 11.8 Å². The van der Waals surface area contributed by atoms with Crippen LogP contribution >= 0.6 is 0 Å². The van der Waals surface area contributed by atoms with E-state index in [0.717, 1.165) is 23.5 Å². The van der Waals surface area contributed by atoms with Gasteiger partial charge in [0.15, 0.2) is 11.5 Å². The van der Waals surface area contributed by atoms with Crippen molar-refractivity contribution in [2.75, 3.05) is 5.32 Å². The van der Waals surface area contributed by atoms with Crippen molar-refractivity contribution in [1.29, 1.82) is 5.26 Å². The second-order valence-electron chi connectivity index (χ2n) is 7.29. The summed E-state index contributed by atoms with van der Waals surface area (Å²) in [5, 5.41) is 16.1. The predicted octanol–water partition coefficient (Wildman–Crippen LogP) is 4.58. The third-order valence-electron chi connectivity index (χ3n) is 5.72. The number of fused-ring (bicyclic) bond motifs is 1. The van der Waals surface area contributed by atoms with Crippen LogP contribution in [0.5, 0.6) is 0 Å². The van der Waals surface area contributed by atoms with Gasteiger partial charge in [0.1, 0.15) is 23.1 Å². The molecular formula is C20H22FN5. The van der Waals surface area contributed by atoms with Gasteiger partial charge in [-0.2, -0.15) is 5.26 Å². The molecule has 3 aromatic rings. The van der Waals surface area contributed by atoms with E-state index in [1.54, 1.807) is 18.3 Å². The zero-order chi connectivity index (χ0) is 18.3. The number of H-pyrrole nitrogens is 1. The summed E-state index contributed by atoms with van der Waals surface area (Å²) in [7, 11) is 0. The Morgan fingerprint density at radius 1 is 1.27 bits per heavy atom. The maximum Gasteiger partial charge on any atom is 0.173 e. The number of imidazole rings is 1. The number of hydrogen-bond acceptors (Lipinski definition) is 3. The highest BCUT2D eigenvalue weighted by Gasteiger charge is 2.29. The van der Waals surface area contributed by atoms with Gasteiger partial charge in [-0.3, -0.25) is 5.10 Å². The van der Waals surface area contributed by atoms with Gasteiger partial charge in [0.2, 0.25) is 0 Å². The summed E-state index contributed by atoms with van der Waals surface area (Å²) in [6.45, 7) is 4.58. The molecule has 1 fully saturated rings. The van der Waals surface area contributed by atoms with Crippen molar-refractivity contribution in [3.63, 3.8) is 0 Å². The normalized spacial score (nSPS) is 23.1. The Kier molecular flexibility index (Phi) is 4.15. The van der Waals surface area contributed by atoms with Crippen molar-refractivity contribution < 1.29 is 4.39 Å². The van der Waals surface area contributed by atoms with Gasteiger partial charge in [-0.15, -0.1) is 0 Å². The van der Waals surface area contributed by atoms with Gasteiger partial charge < -0.3 is 5.32 Å². The van der Waals surface area contributed by atoms with Gasteiger partial charge in [0.25, 0.3) is 0 Å². The number of halogens is 1. The molecule has 0 unspecified atom stereocenters. The topological polar surface area (TPSA) is 68.9 Å². The minimum Gasteiger partial charge on any atom is -0.365 e. The molecule has 1 aromatic carbocycles. The number of anilines is 1. The highest BCUT2D eigenvalue weighted by Crippen LogP contribution is 2.35. The molecule has 2 aromatic heterocycles. The Hall–Kier alpha value is -2.81. The zero-order valence-electron chi connectivity index (χ0n) is 15.0. The minimum atomic E-state index is -0.277. The van der Waals surface area contributed by atoms with Crippen LogP contribution < -0.4 is 5.32 Å². The molecule has 0 aliphatic heterocycles. The summed E-state index contributed by atoms with van der Waals surface area (Å²) < 4.78 is 15.2. The first-order valence-corrected chi connectivity index (χ1v) is 9.11. The Morgan fingerprint density at radius 2 is 2.04 bits per heavy atom. The number of benzene rings is 1. The van der Waals surface area contributed by atoms with Gasteiger partial charge in [-0.1, -0.05) is 26.7 Å². The number of hydrogen-bond donors (Lipinski definition) is 2. The fourth-order valence-electron chi connectivity index (χ4n) is 3.91. The van der Waals surface area contributed by atoms with Gasteiger partial charge in [0, 0.05) is 17.8 Å². The third kappa shape index (κ3) is 2.74. The van der Waals surface area contributed by atoms with Crippen LogP contribution in [-0.4, -0.2) is 20.6 Å². The monoisotopic (exact) mass is 351 g/mol. The van der Waals surface area contributed by atoms with E-state index in [-0.39, 0.29) is 5.82 Å². The molecule has 134 valence electrons. The number of rotatable bonds is 3. The largest absolute Gasteiger partial charge is 0.365 e. The molecule has 5 nitrogen and oxygen atoms in total. The minimum absolute atomic E-state index is 0.277. The summed E-state index contributed by atoms with van der Waals surface area (Å²) in [6, 6.07) is 8.82. The van der Waals surface area contributed by atoms with E-state index in [1.165, 1.54) is 25.0 Å².